The molecule has 2 aromatic rings. The molecule has 1 aromatic carbocycles. The number of aromatic nitrogens is 2. The van der Waals surface area contributed by atoms with Crippen molar-refractivity contribution < 1.29 is 9.84 Å². The summed E-state index contributed by atoms with van der Waals surface area (Å²) in [5, 5.41) is 9.43. The summed E-state index contributed by atoms with van der Waals surface area (Å²) in [4.78, 5) is 4.71. The van der Waals surface area contributed by atoms with Gasteiger partial charge in [0.1, 0.15) is 11.6 Å². The lowest BCUT2D eigenvalue weighted by atomic mass is 10.1. The second-order valence-corrected chi connectivity index (χ2v) is 5.31. The average molecular weight is 272 g/mol. The van der Waals surface area contributed by atoms with Gasteiger partial charge in [-0.25, -0.2) is 4.98 Å². The Hall–Kier alpha value is -1.81. The molecule has 0 saturated heterocycles. The van der Waals surface area contributed by atoms with E-state index in [-0.39, 0.29) is 12.6 Å². The van der Waals surface area contributed by atoms with Crippen molar-refractivity contribution >= 4 is 0 Å². The van der Waals surface area contributed by atoms with Crippen LogP contribution in [0.3, 0.4) is 0 Å². The molecule has 3 rings (SSSR count). The van der Waals surface area contributed by atoms with Crippen LogP contribution < -0.4 is 4.74 Å². The number of benzene rings is 1. The fourth-order valence-corrected chi connectivity index (χ4v) is 2.84. The van der Waals surface area contributed by atoms with Gasteiger partial charge in [0.15, 0.2) is 0 Å². The summed E-state index contributed by atoms with van der Waals surface area (Å²) < 4.78 is 7.32. The van der Waals surface area contributed by atoms with Gasteiger partial charge in [-0.15, -0.1) is 0 Å². The summed E-state index contributed by atoms with van der Waals surface area (Å²) in [6.07, 6.45) is 6.09. The summed E-state index contributed by atoms with van der Waals surface area (Å²) in [5.74, 6) is 1.98. The molecule has 1 N–H and O–H groups in total. The van der Waals surface area contributed by atoms with Crippen LogP contribution in [-0.2, 0) is 12.8 Å². The number of ether oxygens (including phenoxy) is 1. The predicted molar refractivity (Wildman–Crippen MR) is 77.1 cm³/mol. The van der Waals surface area contributed by atoms with Crippen LogP contribution in [0.2, 0.25) is 0 Å². The minimum Gasteiger partial charge on any atom is -0.497 e. The van der Waals surface area contributed by atoms with Gasteiger partial charge in [0.2, 0.25) is 0 Å². The molecule has 1 atom stereocenters. The monoisotopic (exact) mass is 272 g/mol. The number of rotatable bonds is 4. The standard InChI is InChI=1S/C16H20N2O2/c1-20-15-7-5-12(6-8-15)9-13-10-18-14(11-19)3-2-4-16(18)17-13/h5-8,10,14,19H,2-4,9,11H2,1H3. The van der Waals surface area contributed by atoms with Crippen LogP contribution in [0, 0.1) is 0 Å². The van der Waals surface area contributed by atoms with E-state index in [1.807, 2.05) is 12.1 Å². The maximum absolute atomic E-state index is 9.43. The van der Waals surface area contributed by atoms with E-state index < -0.39 is 0 Å². The summed E-state index contributed by atoms with van der Waals surface area (Å²) >= 11 is 0. The number of imidazole rings is 1. The van der Waals surface area contributed by atoms with E-state index in [0.29, 0.717) is 0 Å². The maximum atomic E-state index is 9.43. The Labute approximate surface area is 119 Å². The summed E-state index contributed by atoms with van der Waals surface area (Å²) in [6.45, 7) is 0.200. The molecule has 0 spiro atoms. The molecular weight excluding hydrogens is 252 g/mol. The molecule has 0 bridgehead atoms. The number of hydrogen-bond donors (Lipinski definition) is 1. The van der Waals surface area contributed by atoms with Crippen molar-refractivity contribution in [2.45, 2.75) is 31.7 Å². The van der Waals surface area contributed by atoms with Gasteiger partial charge in [-0.2, -0.15) is 0 Å². The molecule has 4 heteroatoms. The quantitative estimate of drug-likeness (QED) is 0.929. The molecule has 4 nitrogen and oxygen atoms in total. The van der Waals surface area contributed by atoms with E-state index in [1.54, 1.807) is 7.11 Å². The Morgan fingerprint density at radius 2 is 2.15 bits per heavy atom. The summed E-state index contributed by atoms with van der Waals surface area (Å²) in [6, 6.07) is 8.29. The highest BCUT2D eigenvalue weighted by molar-refractivity contribution is 5.29. The maximum Gasteiger partial charge on any atom is 0.118 e. The Morgan fingerprint density at radius 3 is 2.85 bits per heavy atom. The summed E-state index contributed by atoms with van der Waals surface area (Å²) in [7, 11) is 1.67. The number of methoxy groups -OCH3 is 1. The smallest absolute Gasteiger partial charge is 0.118 e. The van der Waals surface area contributed by atoms with Crippen LogP contribution in [0.1, 0.15) is 36.0 Å². The van der Waals surface area contributed by atoms with Crippen LogP contribution in [0.15, 0.2) is 30.5 Å². The predicted octanol–water partition coefficient (Wildman–Crippen LogP) is 2.35. The molecule has 1 aliphatic heterocycles. The van der Waals surface area contributed by atoms with Crippen LogP contribution in [0.4, 0.5) is 0 Å². The summed E-state index contributed by atoms with van der Waals surface area (Å²) in [5.41, 5.74) is 2.30. The van der Waals surface area contributed by atoms with Gasteiger partial charge in [-0.1, -0.05) is 12.1 Å². The van der Waals surface area contributed by atoms with Gasteiger partial charge in [0.05, 0.1) is 25.5 Å². The Kier molecular flexibility index (Phi) is 3.74. The van der Waals surface area contributed by atoms with E-state index >= 15 is 0 Å². The van der Waals surface area contributed by atoms with Crippen molar-refractivity contribution in [1.82, 2.24) is 9.55 Å². The number of aryl methyl sites for hydroxylation is 1. The van der Waals surface area contributed by atoms with Gasteiger partial charge < -0.3 is 14.4 Å². The van der Waals surface area contributed by atoms with Crippen LogP contribution in [-0.4, -0.2) is 28.4 Å². The fourth-order valence-electron chi connectivity index (χ4n) is 2.84. The largest absolute Gasteiger partial charge is 0.497 e. The third-order valence-corrected chi connectivity index (χ3v) is 3.94. The first-order chi connectivity index (χ1) is 9.80. The lowest BCUT2D eigenvalue weighted by Gasteiger charge is -2.22. The molecule has 20 heavy (non-hydrogen) atoms. The highest BCUT2D eigenvalue weighted by atomic mass is 16.5. The highest BCUT2D eigenvalue weighted by Gasteiger charge is 2.20. The second kappa shape index (κ2) is 5.67. The Bertz CT molecular complexity index is 575. The minimum atomic E-state index is 0.200. The van der Waals surface area contributed by atoms with Crippen molar-refractivity contribution in [2.75, 3.05) is 13.7 Å². The van der Waals surface area contributed by atoms with E-state index in [4.69, 9.17) is 9.72 Å². The first-order valence-corrected chi connectivity index (χ1v) is 7.10. The van der Waals surface area contributed by atoms with Gasteiger partial charge in [-0.3, -0.25) is 0 Å². The topological polar surface area (TPSA) is 47.3 Å². The molecule has 0 aliphatic carbocycles. The third kappa shape index (κ3) is 2.56. The van der Waals surface area contributed by atoms with E-state index in [0.717, 1.165) is 43.0 Å². The molecule has 1 aliphatic rings. The molecule has 106 valence electrons. The van der Waals surface area contributed by atoms with E-state index in [2.05, 4.69) is 22.9 Å². The molecule has 0 saturated carbocycles. The van der Waals surface area contributed by atoms with Crippen LogP contribution in [0.25, 0.3) is 0 Å². The van der Waals surface area contributed by atoms with Crippen molar-refractivity contribution in [1.29, 1.82) is 0 Å². The number of fused-ring (bicyclic) bond motifs is 1. The number of nitrogens with zero attached hydrogens (tertiary/aromatic N) is 2. The lowest BCUT2D eigenvalue weighted by molar-refractivity contribution is 0.206. The van der Waals surface area contributed by atoms with E-state index in [1.165, 1.54) is 5.56 Å². The third-order valence-electron chi connectivity index (χ3n) is 3.94. The second-order valence-electron chi connectivity index (χ2n) is 5.31. The first-order valence-electron chi connectivity index (χ1n) is 7.10. The lowest BCUT2D eigenvalue weighted by Crippen LogP contribution is -2.20. The van der Waals surface area contributed by atoms with Gasteiger partial charge in [-0.05, 0) is 30.5 Å². The minimum absolute atomic E-state index is 0.200. The normalized spacial score (nSPS) is 17.8. The zero-order chi connectivity index (χ0) is 13.9. The van der Waals surface area contributed by atoms with Gasteiger partial charge >= 0.3 is 0 Å². The van der Waals surface area contributed by atoms with Crippen molar-refractivity contribution in [2.24, 2.45) is 0 Å². The SMILES string of the molecule is COc1ccc(Cc2cn3c(n2)CCCC3CO)cc1. The number of hydrogen-bond acceptors (Lipinski definition) is 3. The molecule has 0 radical (unpaired) electrons. The first kappa shape index (κ1) is 13.2. The highest BCUT2D eigenvalue weighted by Crippen LogP contribution is 2.25. The number of aliphatic hydroxyl groups is 1. The Morgan fingerprint density at radius 1 is 1.35 bits per heavy atom. The average Bonchev–Trinajstić information content (AvgIpc) is 2.90. The van der Waals surface area contributed by atoms with E-state index in [9.17, 15) is 5.11 Å². The van der Waals surface area contributed by atoms with Crippen LogP contribution >= 0.6 is 0 Å². The van der Waals surface area contributed by atoms with Gasteiger partial charge in [0.25, 0.3) is 0 Å². The zero-order valence-corrected chi connectivity index (χ0v) is 11.7. The number of aliphatic hydroxyl groups excluding tert-OH is 1. The molecule has 2 heterocycles. The van der Waals surface area contributed by atoms with Crippen molar-refractivity contribution in [3.8, 4) is 5.75 Å². The zero-order valence-electron chi connectivity index (χ0n) is 11.7. The molecule has 1 unspecified atom stereocenters. The molecule has 0 fully saturated rings. The van der Waals surface area contributed by atoms with Gasteiger partial charge in [0, 0.05) is 19.0 Å². The van der Waals surface area contributed by atoms with Crippen molar-refractivity contribution in [3.63, 3.8) is 0 Å². The van der Waals surface area contributed by atoms with Crippen molar-refractivity contribution in [3.05, 3.63) is 47.5 Å². The van der Waals surface area contributed by atoms with Crippen LogP contribution in [0.5, 0.6) is 5.75 Å². The molecule has 0 amide bonds. The molecular formula is C16H20N2O2. The fraction of sp³-hybridized carbons (Fsp3) is 0.438. The molecule has 1 aromatic heterocycles. The Balaban J connectivity index is 1.79.